The van der Waals surface area contributed by atoms with Crippen molar-refractivity contribution in [2.45, 2.75) is 78.8 Å². The third-order valence-electron chi connectivity index (χ3n) is 5.28. The molecule has 0 aromatic rings. The van der Waals surface area contributed by atoms with Gasteiger partial charge < -0.3 is 5.73 Å². The van der Waals surface area contributed by atoms with E-state index in [1.165, 1.54) is 32.2 Å². The summed E-state index contributed by atoms with van der Waals surface area (Å²) in [5.41, 5.74) is 6.83. The fourth-order valence-corrected chi connectivity index (χ4v) is 3.31. The Morgan fingerprint density at radius 2 is 1.72 bits per heavy atom. The fraction of sp³-hybridized carbons (Fsp3) is 1.00. The molecule has 0 aliphatic heterocycles. The average Bonchev–Trinajstić information content (AvgIpc) is 3.07. The van der Waals surface area contributed by atoms with Gasteiger partial charge in [0, 0.05) is 24.7 Å². The zero-order valence-corrected chi connectivity index (χ0v) is 13.4. The molecule has 1 rings (SSSR count). The lowest BCUT2D eigenvalue weighted by Gasteiger charge is -2.50. The van der Waals surface area contributed by atoms with Gasteiger partial charge in [0.25, 0.3) is 0 Å². The standard InChI is InChI=1S/C16H34N2/c1-7-14(8-2)18(11-13(3)4)16(6,12-17)15(5)9-10-15/h13-14H,7-12,17H2,1-6H3. The molecule has 1 atom stereocenters. The van der Waals surface area contributed by atoms with Crippen molar-refractivity contribution in [2.75, 3.05) is 13.1 Å². The smallest absolute Gasteiger partial charge is 0.0360 e. The third kappa shape index (κ3) is 2.91. The molecular weight excluding hydrogens is 220 g/mol. The lowest BCUT2D eigenvalue weighted by atomic mass is 9.80. The molecule has 2 N–H and O–H groups in total. The molecule has 0 spiro atoms. The molecule has 0 aromatic heterocycles. The van der Waals surface area contributed by atoms with Gasteiger partial charge in [0.2, 0.25) is 0 Å². The second-order valence-corrected chi connectivity index (χ2v) is 7.06. The lowest BCUT2D eigenvalue weighted by Crippen LogP contribution is -2.61. The average molecular weight is 254 g/mol. The molecule has 0 bridgehead atoms. The summed E-state index contributed by atoms with van der Waals surface area (Å²) in [5, 5.41) is 0. The van der Waals surface area contributed by atoms with E-state index in [2.05, 4.69) is 46.4 Å². The van der Waals surface area contributed by atoms with Crippen LogP contribution in [0.5, 0.6) is 0 Å². The Bertz CT molecular complexity index is 254. The molecule has 1 aliphatic rings. The van der Waals surface area contributed by atoms with E-state index in [0.29, 0.717) is 17.4 Å². The molecule has 2 heteroatoms. The van der Waals surface area contributed by atoms with E-state index in [9.17, 15) is 0 Å². The Labute approximate surface area is 114 Å². The summed E-state index contributed by atoms with van der Waals surface area (Å²) < 4.78 is 0. The highest BCUT2D eigenvalue weighted by Crippen LogP contribution is 2.56. The number of rotatable bonds is 8. The molecule has 0 heterocycles. The summed E-state index contributed by atoms with van der Waals surface area (Å²) in [5.74, 6) is 0.707. The van der Waals surface area contributed by atoms with Crippen molar-refractivity contribution in [1.82, 2.24) is 4.90 Å². The van der Waals surface area contributed by atoms with Gasteiger partial charge in [0.1, 0.15) is 0 Å². The highest BCUT2D eigenvalue weighted by Gasteiger charge is 2.55. The molecular formula is C16H34N2. The second kappa shape index (κ2) is 5.92. The van der Waals surface area contributed by atoms with E-state index < -0.39 is 0 Å². The van der Waals surface area contributed by atoms with Crippen molar-refractivity contribution in [2.24, 2.45) is 17.1 Å². The molecule has 1 aliphatic carbocycles. The van der Waals surface area contributed by atoms with Crippen LogP contribution in [-0.4, -0.2) is 29.6 Å². The monoisotopic (exact) mass is 254 g/mol. The first-order valence-corrected chi connectivity index (χ1v) is 7.81. The van der Waals surface area contributed by atoms with Gasteiger partial charge in [-0.2, -0.15) is 0 Å². The number of hydrogen-bond acceptors (Lipinski definition) is 2. The molecule has 0 amide bonds. The van der Waals surface area contributed by atoms with E-state index in [0.717, 1.165) is 6.54 Å². The van der Waals surface area contributed by atoms with E-state index >= 15 is 0 Å². The van der Waals surface area contributed by atoms with Crippen molar-refractivity contribution in [1.29, 1.82) is 0 Å². The molecule has 1 unspecified atom stereocenters. The van der Waals surface area contributed by atoms with Crippen molar-refractivity contribution in [3.8, 4) is 0 Å². The number of hydrogen-bond donors (Lipinski definition) is 1. The third-order valence-corrected chi connectivity index (χ3v) is 5.28. The normalized spacial score (nSPS) is 21.7. The minimum atomic E-state index is 0.175. The quantitative estimate of drug-likeness (QED) is 0.716. The molecule has 0 radical (unpaired) electrons. The minimum Gasteiger partial charge on any atom is -0.329 e. The Hall–Kier alpha value is -0.0800. The SMILES string of the molecule is CCC(CC)N(CC(C)C)C(C)(CN)C1(C)CC1. The summed E-state index contributed by atoms with van der Waals surface area (Å²) in [4.78, 5) is 2.74. The topological polar surface area (TPSA) is 29.3 Å². The predicted molar refractivity (Wildman–Crippen MR) is 80.7 cm³/mol. The van der Waals surface area contributed by atoms with Crippen molar-refractivity contribution < 1.29 is 0 Å². The van der Waals surface area contributed by atoms with Crippen LogP contribution in [-0.2, 0) is 0 Å². The van der Waals surface area contributed by atoms with Crippen LogP contribution in [0.3, 0.4) is 0 Å². The first kappa shape index (κ1) is 16.0. The Kier molecular flexibility index (Phi) is 5.25. The van der Waals surface area contributed by atoms with Gasteiger partial charge in [-0.25, -0.2) is 0 Å². The first-order valence-electron chi connectivity index (χ1n) is 7.81. The summed E-state index contributed by atoms with van der Waals surface area (Å²) in [6, 6.07) is 0.679. The lowest BCUT2D eigenvalue weighted by molar-refractivity contribution is -0.00270. The fourth-order valence-electron chi connectivity index (χ4n) is 3.31. The molecule has 108 valence electrons. The summed E-state index contributed by atoms with van der Waals surface area (Å²) in [6.45, 7) is 16.1. The van der Waals surface area contributed by atoms with Gasteiger partial charge in [0.15, 0.2) is 0 Å². The minimum absolute atomic E-state index is 0.175. The van der Waals surface area contributed by atoms with Crippen LogP contribution >= 0.6 is 0 Å². The molecule has 0 saturated heterocycles. The molecule has 18 heavy (non-hydrogen) atoms. The van der Waals surface area contributed by atoms with Gasteiger partial charge >= 0.3 is 0 Å². The maximum Gasteiger partial charge on any atom is 0.0360 e. The van der Waals surface area contributed by atoms with Gasteiger partial charge in [-0.05, 0) is 43.9 Å². The summed E-state index contributed by atoms with van der Waals surface area (Å²) >= 11 is 0. The van der Waals surface area contributed by atoms with E-state index in [1.54, 1.807) is 0 Å². The Morgan fingerprint density at radius 1 is 1.22 bits per heavy atom. The van der Waals surface area contributed by atoms with E-state index in [-0.39, 0.29) is 5.54 Å². The van der Waals surface area contributed by atoms with Crippen LogP contribution < -0.4 is 5.73 Å². The van der Waals surface area contributed by atoms with Crippen LogP contribution in [0.15, 0.2) is 0 Å². The highest BCUT2D eigenvalue weighted by atomic mass is 15.3. The zero-order valence-electron chi connectivity index (χ0n) is 13.4. The number of nitrogens with two attached hydrogens (primary N) is 1. The largest absolute Gasteiger partial charge is 0.329 e. The van der Waals surface area contributed by atoms with Gasteiger partial charge in [-0.3, -0.25) is 4.90 Å². The summed E-state index contributed by atoms with van der Waals surface area (Å²) in [6.07, 6.45) is 5.15. The molecule has 1 saturated carbocycles. The van der Waals surface area contributed by atoms with Crippen molar-refractivity contribution in [3.05, 3.63) is 0 Å². The van der Waals surface area contributed by atoms with E-state index in [4.69, 9.17) is 5.73 Å². The predicted octanol–water partition coefficient (Wildman–Crippen LogP) is 3.65. The van der Waals surface area contributed by atoms with Crippen LogP contribution in [0.1, 0.15) is 67.2 Å². The first-order chi connectivity index (χ1) is 8.34. The van der Waals surface area contributed by atoms with Gasteiger partial charge in [0.05, 0.1) is 0 Å². The summed E-state index contributed by atoms with van der Waals surface area (Å²) in [7, 11) is 0. The van der Waals surface area contributed by atoms with Crippen molar-refractivity contribution >= 4 is 0 Å². The van der Waals surface area contributed by atoms with E-state index in [1.807, 2.05) is 0 Å². The van der Waals surface area contributed by atoms with Crippen LogP contribution in [0.25, 0.3) is 0 Å². The molecule has 0 aromatic carbocycles. The highest BCUT2D eigenvalue weighted by molar-refractivity contribution is 5.10. The second-order valence-electron chi connectivity index (χ2n) is 7.06. The van der Waals surface area contributed by atoms with Crippen LogP contribution in [0.2, 0.25) is 0 Å². The maximum atomic E-state index is 6.22. The maximum absolute atomic E-state index is 6.22. The van der Waals surface area contributed by atoms with Gasteiger partial charge in [-0.1, -0.05) is 34.6 Å². The Morgan fingerprint density at radius 3 is 2.00 bits per heavy atom. The zero-order chi connectivity index (χ0) is 14.0. The number of nitrogens with zero attached hydrogens (tertiary/aromatic N) is 1. The molecule has 1 fully saturated rings. The van der Waals surface area contributed by atoms with Crippen LogP contribution in [0, 0.1) is 11.3 Å². The Balaban J connectivity index is 2.98. The van der Waals surface area contributed by atoms with Gasteiger partial charge in [-0.15, -0.1) is 0 Å². The van der Waals surface area contributed by atoms with Crippen LogP contribution in [0.4, 0.5) is 0 Å². The van der Waals surface area contributed by atoms with Crippen molar-refractivity contribution in [3.63, 3.8) is 0 Å². The molecule has 2 nitrogen and oxygen atoms in total.